The van der Waals surface area contributed by atoms with Crippen LogP contribution in [0.3, 0.4) is 0 Å². The van der Waals surface area contributed by atoms with Crippen molar-refractivity contribution in [3.05, 3.63) is 87.4 Å². The first-order valence-electron chi connectivity index (χ1n) is 10.3. The van der Waals surface area contributed by atoms with Crippen molar-refractivity contribution < 1.29 is 23.8 Å². The van der Waals surface area contributed by atoms with E-state index in [1.54, 1.807) is 18.2 Å². The van der Waals surface area contributed by atoms with Gasteiger partial charge in [-0.05, 0) is 66.1 Å². The molecule has 1 amide bonds. The van der Waals surface area contributed by atoms with Gasteiger partial charge in [-0.1, -0.05) is 42.3 Å². The van der Waals surface area contributed by atoms with Crippen LogP contribution in [0, 0.1) is 0 Å². The molecule has 9 heteroatoms. The highest BCUT2D eigenvalue weighted by atomic mass is 35.5. The van der Waals surface area contributed by atoms with E-state index in [0.717, 1.165) is 6.42 Å². The third-order valence-corrected chi connectivity index (χ3v) is 5.39. The fourth-order valence-corrected chi connectivity index (χ4v) is 3.11. The van der Waals surface area contributed by atoms with E-state index in [9.17, 15) is 9.59 Å². The number of amides is 1. The summed E-state index contributed by atoms with van der Waals surface area (Å²) in [4.78, 5) is 24.4. The summed E-state index contributed by atoms with van der Waals surface area (Å²) in [5.74, 6) is 0.0988. The van der Waals surface area contributed by atoms with Crippen LogP contribution in [-0.2, 0) is 11.2 Å². The van der Waals surface area contributed by atoms with Crippen LogP contribution in [-0.4, -0.2) is 31.8 Å². The summed E-state index contributed by atoms with van der Waals surface area (Å²) in [5.41, 5.74) is 4.44. The third-order valence-electron chi connectivity index (χ3n) is 4.65. The van der Waals surface area contributed by atoms with Gasteiger partial charge in [0.2, 0.25) is 0 Å². The fourth-order valence-electron chi connectivity index (χ4n) is 2.81. The van der Waals surface area contributed by atoms with Crippen LogP contribution in [0.25, 0.3) is 0 Å². The van der Waals surface area contributed by atoms with Crippen molar-refractivity contribution in [2.75, 3.05) is 13.7 Å². The average molecular weight is 501 g/mol. The molecule has 0 aromatic heterocycles. The van der Waals surface area contributed by atoms with Crippen LogP contribution in [0.2, 0.25) is 10.0 Å². The van der Waals surface area contributed by atoms with Crippen LogP contribution in [0.15, 0.2) is 65.8 Å². The highest BCUT2D eigenvalue weighted by molar-refractivity contribution is 6.42. The topological polar surface area (TPSA) is 86.2 Å². The van der Waals surface area contributed by atoms with Gasteiger partial charge in [-0.25, -0.2) is 10.2 Å². The van der Waals surface area contributed by atoms with E-state index in [4.69, 9.17) is 37.4 Å². The second kappa shape index (κ2) is 12.1. The van der Waals surface area contributed by atoms with Crippen LogP contribution < -0.4 is 19.6 Å². The molecule has 0 atom stereocenters. The van der Waals surface area contributed by atoms with Crippen molar-refractivity contribution in [1.82, 2.24) is 5.43 Å². The Labute approximate surface area is 207 Å². The summed E-state index contributed by atoms with van der Waals surface area (Å²) in [6.45, 7) is 1.89. The Morgan fingerprint density at radius 2 is 1.74 bits per heavy atom. The number of nitrogens with one attached hydrogen (secondary N) is 1. The number of methoxy groups -OCH3 is 1. The first-order chi connectivity index (χ1) is 16.4. The van der Waals surface area contributed by atoms with Gasteiger partial charge in [0.15, 0.2) is 18.1 Å². The van der Waals surface area contributed by atoms with Crippen molar-refractivity contribution in [3.63, 3.8) is 0 Å². The van der Waals surface area contributed by atoms with Gasteiger partial charge >= 0.3 is 5.97 Å². The van der Waals surface area contributed by atoms with Gasteiger partial charge in [0.1, 0.15) is 5.75 Å². The maximum atomic E-state index is 12.4. The molecule has 0 radical (unpaired) electrons. The number of carbonyl (C=O) groups excluding carboxylic acids is 2. The summed E-state index contributed by atoms with van der Waals surface area (Å²) in [5, 5.41) is 4.50. The Balaban J connectivity index is 1.56. The molecule has 3 aromatic carbocycles. The van der Waals surface area contributed by atoms with Gasteiger partial charge < -0.3 is 14.2 Å². The summed E-state index contributed by atoms with van der Waals surface area (Å²) in [6, 6.07) is 16.8. The molecule has 176 valence electrons. The summed E-state index contributed by atoms with van der Waals surface area (Å²) in [7, 11) is 1.44. The first-order valence-corrected chi connectivity index (χ1v) is 11.0. The van der Waals surface area contributed by atoms with Crippen molar-refractivity contribution in [3.8, 4) is 17.2 Å². The van der Waals surface area contributed by atoms with E-state index < -0.39 is 11.9 Å². The molecule has 7 nitrogen and oxygen atoms in total. The Kier molecular flexibility index (Phi) is 8.90. The minimum absolute atomic E-state index is 0.171. The predicted molar refractivity (Wildman–Crippen MR) is 131 cm³/mol. The summed E-state index contributed by atoms with van der Waals surface area (Å²) < 4.78 is 16.2. The van der Waals surface area contributed by atoms with Gasteiger partial charge in [-0.2, -0.15) is 5.10 Å². The zero-order chi connectivity index (χ0) is 24.5. The molecular weight excluding hydrogens is 479 g/mol. The van der Waals surface area contributed by atoms with Crippen molar-refractivity contribution in [2.24, 2.45) is 5.10 Å². The van der Waals surface area contributed by atoms with E-state index in [2.05, 4.69) is 17.5 Å². The molecule has 0 heterocycles. The third kappa shape index (κ3) is 6.97. The average Bonchev–Trinajstić information content (AvgIpc) is 2.85. The van der Waals surface area contributed by atoms with Gasteiger partial charge in [0.25, 0.3) is 5.91 Å². The number of ether oxygens (including phenoxy) is 3. The van der Waals surface area contributed by atoms with E-state index >= 15 is 0 Å². The summed E-state index contributed by atoms with van der Waals surface area (Å²) in [6.07, 6.45) is 2.36. The standard InChI is InChI=1S/C25H22Cl2N2O5/c1-3-16-4-8-19(9-5-16)33-15-24(30)29-28-14-17-6-11-22(23(12-17)32-2)34-25(31)18-7-10-20(26)21(27)13-18/h4-14H,3,15H2,1-2H3,(H,29,30). The molecule has 0 bridgehead atoms. The lowest BCUT2D eigenvalue weighted by Gasteiger charge is -2.10. The van der Waals surface area contributed by atoms with E-state index in [1.807, 2.05) is 24.3 Å². The van der Waals surface area contributed by atoms with E-state index in [0.29, 0.717) is 22.1 Å². The lowest BCUT2D eigenvalue weighted by atomic mass is 10.2. The zero-order valence-corrected chi connectivity index (χ0v) is 20.0. The number of hydrogen-bond acceptors (Lipinski definition) is 6. The molecule has 3 rings (SSSR count). The Morgan fingerprint density at radius 3 is 2.41 bits per heavy atom. The lowest BCUT2D eigenvalue weighted by molar-refractivity contribution is -0.123. The number of hydrogen-bond donors (Lipinski definition) is 1. The number of halogens is 2. The second-order valence-corrected chi connectivity index (χ2v) is 7.82. The predicted octanol–water partition coefficient (Wildman–Crippen LogP) is 5.31. The number of carbonyl (C=O) groups is 2. The SMILES string of the molecule is CCc1ccc(OCC(=O)NN=Cc2ccc(OC(=O)c3ccc(Cl)c(Cl)c3)c(OC)c2)cc1. The Bertz CT molecular complexity index is 1200. The highest BCUT2D eigenvalue weighted by Crippen LogP contribution is 2.29. The lowest BCUT2D eigenvalue weighted by Crippen LogP contribution is -2.24. The molecule has 3 aromatic rings. The molecule has 0 aliphatic carbocycles. The van der Waals surface area contributed by atoms with E-state index in [-0.39, 0.29) is 22.9 Å². The Hall–Kier alpha value is -3.55. The molecule has 0 unspecified atom stereocenters. The van der Waals surface area contributed by atoms with Crippen molar-refractivity contribution in [1.29, 1.82) is 0 Å². The van der Waals surface area contributed by atoms with Crippen molar-refractivity contribution in [2.45, 2.75) is 13.3 Å². The number of benzene rings is 3. The minimum atomic E-state index is -0.616. The number of hydrazone groups is 1. The molecule has 34 heavy (non-hydrogen) atoms. The molecule has 1 N–H and O–H groups in total. The Morgan fingerprint density at radius 1 is 0.971 bits per heavy atom. The number of aryl methyl sites for hydroxylation is 1. The van der Waals surface area contributed by atoms with E-state index in [1.165, 1.54) is 37.1 Å². The largest absolute Gasteiger partial charge is 0.493 e. The molecule has 0 saturated heterocycles. The van der Waals surface area contributed by atoms with Gasteiger partial charge in [0, 0.05) is 0 Å². The normalized spacial score (nSPS) is 10.7. The van der Waals surface area contributed by atoms with Crippen molar-refractivity contribution >= 4 is 41.3 Å². The number of esters is 1. The molecule has 0 saturated carbocycles. The molecule has 0 aliphatic rings. The highest BCUT2D eigenvalue weighted by Gasteiger charge is 2.14. The van der Waals surface area contributed by atoms with Gasteiger partial charge in [-0.15, -0.1) is 0 Å². The number of nitrogens with zero attached hydrogens (tertiary/aromatic N) is 1. The summed E-state index contributed by atoms with van der Waals surface area (Å²) >= 11 is 11.8. The van der Waals surface area contributed by atoms with Crippen LogP contribution in [0.4, 0.5) is 0 Å². The first kappa shape index (κ1) is 25.1. The van der Waals surface area contributed by atoms with Crippen LogP contribution in [0.1, 0.15) is 28.4 Å². The molecular formula is C25H22Cl2N2O5. The fraction of sp³-hybridized carbons (Fsp3) is 0.160. The maximum Gasteiger partial charge on any atom is 0.343 e. The van der Waals surface area contributed by atoms with Gasteiger partial charge in [0.05, 0.1) is 28.9 Å². The molecule has 0 spiro atoms. The number of rotatable bonds is 9. The smallest absolute Gasteiger partial charge is 0.343 e. The molecule has 0 fully saturated rings. The minimum Gasteiger partial charge on any atom is -0.493 e. The maximum absolute atomic E-state index is 12.4. The van der Waals surface area contributed by atoms with Crippen LogP contribution in [0.5, 0.6) is 17.2 Å². The van der Waals surface area contributed by atoms with Crippen LogP contribution >= 0.6 is 23.2 Å². The second-order valence-electron chi connectivity index (χ2n) is 7.01. The zero-order valence-electron chi connectivity index (χ0n) is 18.5. The molecule has 0 aliphatic heterocycles. The van der Waals surface area contributed by atoms with Gasteiger partial charge in [-0.3, -0.25) is 4.79 Å². The quantitative estimate of drug-likeness (QED) is 0.186. The monoisotopic (exact) mass is 500 g/mol.